The van der Waals surface area contributed by atoms with Crippen molar-refractivity contribution in [2.75, 3.05) is 5.32 Å². The van der Waals surface area contributed by atoms with Gasteiger partial charge in [-0.15, -0.1) is 0 Å². The number of rotatable bonds is 6. The highest BCUT2D eigenvalue weighted by Gasteiger charge is 2.17. The Hall–Kier alpha value is -4.61. The fraction of sp³-hybridized carbons (Fsp3) is 0.150. The number of nitrogens with zero attached hydrogens (tertiary/aromatic N) is 7. The first kappa shape index (κ1) is 19.4. The number of aryl methyl sites for hydroxylation is 2. The second kappa shape index (κ2) is 7.91. The van der Waals surface area contributed by atoms with Crippen molar-refractivity contribution < 1.29 is 9.21 Å². The van der Waals surface area contributed by atoms with Crippen LogP contribution in [0.3, 0.4) is 0 Å². The minimum absolute atomic E-state index is 0.0634. The Morgan fingerprint density at radius 3 is 2.97 bits per heavy atom. The Morgan fingerprint density at radius 2 is 2.12 bits per heavy atom. The quantitative estimate of drug-likeness (QED) is 0.368. The van der Waals surface area contributed by atoms with E-state index >= 15 is 0 Å². The molecule has 0 saturated heterocycles. The van der Waals surface area contributed by atoms with Crippen LogP contribution in [-0.4, -0.2) is 46.1 Å². The summed E-state index contributed by atoms with van der Waals surface area (Å²) < 4.78 is 7.08. The second-order valence-corrected chi connectivity index (χ2v) is 7.02. The molecule has 1 aromatic carbocycles. The highest BCUT2D eigenvalue weighted by Crippen LogP contribution is 2.22. The lowest BCUT2D eigenvalue weighted by molar-refractivity contribution is 0.0916. The molecule has 32 heavy (non-hydrogen) atoms. The van der Waals surface area contributed by atoms with E-state index in [1.165, 1.54) is 6.26 Å². The van der Waals surface area contributed by atoms with E-state index in [0.29, 0.717) is 22.9 Å². The minimum atomic E-state index is -0.448. The second-order valence-electron chi connectivity index (χ2n) is 7.02. The molecule has 5 aromatic rings. The molecule has 0 aliphatic rings. The predicted octanol–water partition coefficient (Wildman–Crippen LogP) is 2.12. The Labute approximate surface area is 181 Å². The van der Waals surface area contributed by atoms with Gasteiger partial charge in [0.2, 0.25) is 5.95 Å². The third-order valence-electron chi connectivity index (χ3n) is 4.84. The van der Waals surface area contributed by atoms with Gasteiger partial charge in [-0.1, -0.05) is 12.1 Å². The molecule has 0 bridgehead atoms. The average Bonchev–Trinajstić information content (AvgIpc) is 3.55. The standard InChI is InChI=1S/C20H18N10O2/c1-11-8-22-20(25-15-6-7-23-30(15)2)26-16(11)14-10-32-19(24-14)18(31)21-9-12-4-3-5-13-17(12)28-29-27-13/h3-8,10H,9H2,1-2H3,(H,21,31)(H,22,25,26)(H,27,28,29). The predicted molar refractivity (Wildman–Crippen MR) is 114 cm³/mol. The number of fused-ring (bicyclic) bond motifs is 1. The topological polar surface area (TPSA) is 152 Å². The average molecular weight is 430 g/mol. The highest BCUT2D eigenvalue weighted by atomic mass is 16.4. The van der Waals surface area contributed by atoms with Gasteiger partial charge in [-0.3, -0.25) is 9.48 Å². The van der Waals surface area contributed by atoms with Gasteiger partial charge < -0.3 is 15.1 Å². The smallest absolute Gasteiger partial charge is 0.307 e. The third-order valence-corrected chi connectivity index (χ3v) is 4.84. The molecule has 0 fully saturated rings. The fourth-order valence-corrected chi connectivity index (χ4v) is 3.18. The number of aromatic nitrogens is 8. The van der Waals surface area contributed by atoms with Crippen LogP contribution < -0.4 is 10.6 Å². The maximum atomic E-state index is 12.6. The molecule has 4 heterocycles. The summed E-state index contributed by atoms with van der Waals surface area (Å²) in [6, 6.07) is 7.37. The lowest BCUT2D eigenvalue weighted by Gasteiger charge is -2.07. The van der Waals surface area contributed by atoms with E-state index in [-0.39, 0.29) is 12.4 Å². The summed E-state index contributed by atoms with van der Waals surface area (Å²) in [4.78, 5) is 25.7. The van der Waals surface area contributed by atoms with Crippen LogP contribution in [0.5, 0.6) is 0 Å². The van der Waals surface area contributed by atoms with Gasteiger partial charge in [-0.05, 0) is 18.6 Å². The Kier molecular flexibility index (Phi) is 4.78. The van der Waals surface area contributed by atoms with Crippen LogP contribution in [0, 0.1) is 6.92 Å². The van der Waals surface area contributed by atoms with Crippen molar-refractivity contribution in [3.8, 4) is 11.4 Å². The molecule has 4 aromatic heterocycles. The number of hydrogen-bond acceptors (Lipinski definition) is 9. The molecular formula is C20H18N10O2. The van der Waals surface area contributed by atoms with Gasteiger partial charge in [0.05, 0.1) is 6.20 Å². The molecule has 0 aliphatic carbocycles. The summed E-state index contributed by atoms with van der Waals surface area (Å²) in [5.74, 6) is 0.606. The summed E-state index contributed by atoms with van der Waals surface area (Å²) in [6.07, 6.45) is 4.74. The molecule has 0 aliphatic heterocycles. The summed E-state index contributed by atoms with van der Waals surface area (Å²) in [6.45, 7) is 2.11. The number of H-pyrrole nitrogens is 1. The van der Waals surface area contributed by atoms with Gasteiger partial charge in [0.25, 0.3) is 5.89 Å². The van der Waals surface area contributed by atoms with Crippen LogP contribution in [-0.2, 0) is 13.6 Å². The van der Waals surface area contributed by atoms with Gasteiger partial charge in [0.15, 0.2) is 0 Å². The lowest BCUT2D eigenvalue weighted by atomic mass is 10.2. The Morgan fingerprint density at radius 1 is 1.22 bits per heavy atom. The zero-order chi connectivity index (χ0) is 22.1. The van der Waals surface area contributed by atoms with Crippen LogP contribution in [0.2, 0.25) is 0 Å². The van der Waals surface area contributed by atoms with E-state index < -0.39 is 5.91 Å². The summed E-state index contributed by atoms with van der Waals surface area (Å²) in [5, 5.41) is 20.7. The molecule has 0 saturated carbocycles. The molecule has 3 N–H and O–H groups in total. The Balaban J connectivity index is 1.33. The monoisotopic (exact) mass is 430 g/mol. The third kappa shape index (κ3) is 3.64. The first-order chi connectivity index (χ1) is 15.6. The molecule has 1 amide bonds. The van der Waals surface area contributed by atoms with Gasteiger partial charge in [0, 0.05) is 31.4 Å². The van der Waals surface area contributed by atoms with E-state index in [1.807, 2.05) is 32.2 Å². The van der Waals surface area contributed by atoms with Gasteiger partial charge in [-0.2, -0.15) is 20.5 Å². The molecular weight excluding hydrogens is 412 g/mol. The summed E-state index contributed by atoms with van der Waals surface area (Å²) in [7, 11) is 1.81. The number of anilines is 2. The number of para-hydroxylation sites is 1. The largest absolute Gasteiger partial charge is 0.440 e. The Bertz CT molecular complexity index is 1420. The highest BCUT2D eigenvalue weighted by molar-refractivity contribution is 5.90. The molecule has 0 radical (unpaired) electrons. The van der Waals surface area contributed by atoms with Crippen LogP contribution >= 0.6 is 0 Å². The van der Waals surface area contributed by atoms with E-state index in [9.17, 15) is 4.79 Å². The summed E-state index contributed by atoms with van der Waals surface area (Å²) in [5.41, 5.74) is 4.03. The number of aromatic amines is 1. The maximum Gasteiger partial charge on any atom is 0.307 e. The van der Waals surface area contributed by atoms with E-state index in [4.69, 9.17) is 4.42 Å². The molecule has 160 valence electrons. The lowest BCUT2D eigenvalue weighted by Crippen LogP contribution is -2.23. The molecule has 0 spiro atoms. The van der Waals surface area contributed by atoms with Crippen molar-refractivity contribution in [1.29, 1.82) is 0 Å². The van der Waals surface area contributed by atoms with E-state index in [0.717, 1.165) is 22.5 Å². The fourth-order valence-electron chi connectivity index (χ4n) is 3.18. The number of benzene rings is 1. The SMILES string of the molecule is Cc1cnc(Nc2ccnn2C)nc1-c1coc(C(=O)NCc2cccc3n[nH]nc23)n1. The molecule has 5 rings (SSSR count). The zero-order valence-electron chi connectivity index (χ0n) is 17.2. The molecule has 12 nitrogen and oxygen atoms in total. The number of hydrogen-bond donors (Lipinski definition) is 3. The number of carbonyl (C=O) groups excluding carboxylic acids is 1. The van der Waals surface area contributed by atoms with Crippen molar-refractivity contribution in [2.24, 2.45) is 7.05 Å². The van der Waals surface area contributed by atoms with Crippen LogP contribution in [0.1, 0.15) is 21.8 Å². The van der Waals surface area contributed by atoms with E-state index in [2.05, 4.69) is 46.1 Å². The van der Waals surface area contributed by atoms with Crippen molar-refractivity contribution in [2.45, 2.75) is 13.5 Å². The van der Waals surface area contributed by atoms with Crippen LogP contribution in [0.15, 0.2) is 47.3 Å². The number of nitrogens with one attached hydrogen (secondary N) is 3. The van der Waals surface area contributed by atoms with Crippen LogP contribution in [0.25, 0.3) is 22.4 Å². The molecule has 0 atom stereocenters. The van der Waals surface area contributed by atoms with Gasteiger partial charge in [0.1, 0.15) is 34.5 Å². The van der Waals surface area contributed by atoms with Gasteiger partial charge >= 0.3 is 5.91 Å². The normalized spacial score (nSPS) is 11.1. The van der Waals surface area contributed by atoms with Crippen molar-refractivity contribution in [3.05, 3.63) is 59.9 Å². The van der Waals surface area contributed by atoms with Crippen molar-refractivity contribution >= 4 is 28.7 Å². The van der Waals surface area contributed by atoms with Crippen LogP contribution in [0.4, 0.5) is 11.8 Å². The van der Waals surface area contributed by atoms with Crippen molar-refractivity contribution in [3.63, 3.8) is 0 Å². The molecule has 0 unspecified atom stereocenters. The summed E-state index contributed by atoms with van der Waals surface area (Å²) >= 11 is 0. The van der Waals surface area contributed by atoms with Crippen molar-refractivity contribution in [1.82, 2.24) is 45.5 Å². The number of oxazole rings is 1. The molecule has 12 heteroatoms. The maximum absolute atomic E-state index is 12.6. The number of carbonyl (C=O) groups is 1. The zero-order valence-corrected chi connectivity index (χ0v) is 17.2. The van der Waals surface area contributed by atoms with Gasteiger partial charge in [-0.25, -0.2) is 15.0 Å². The first-order valence-electron chi connectivity index (χ1n) is 9.69. The minimum Gasteiger partial charge on any atom is -0.440 e. The number of amides is 1. The first-order valence-corrected chi connectivity index (χ1v) is 9.69. The van der Waals surface area contributed by atoms with E-state index in [1.54, 1.807) is 23.1 Å².